The smallest absolute Gasteiger partial charge is 0.119 e. The van der Waals surface area contributed by atoms with Gasteiger partial charge in [-0.3, -0.25) is 0 Å². The lowest BCUT2D eigenvalue weighted by atomic mass is 10.2. The molecular weight excluding hydrogens is 224 g/mol. The third-order valence-corrected chi connectivity index (χ3v) is 2.68. The van der Waals surface area contributed by atoms with Crippen LogP contribution in [-0.2, 0) is 6.61 Å². The molecule has 2 aromatic carbocycles. The average Bonchev–Trinajstić information content (AvgIpc) is 2.46. The van der Waals surface area contributed by atoms with Crippen LogP contribution in [0.15, 0.2) is 55.1 Å². The van der Waals surface area contributed by atoms with Crippen LogP contribution in [0.1, 0.15) is 11.1 Å². The fraction of sp³-hybridized carbons (Fsp3) is 0.125. The molecule has 0 saturated carbocycles. The normalized spacial score (nSPS) is 9.83. The Morgan fingerprint density at radius 2 is 1.56 bits per heavy atom. The Labute approximate surface area is 107 Å². The maximum atomic E-state index is 5.69. The Hall–Kier alpha value is -2.22. The van der Waals surface area contributed by atoms with Gasteiger partial charge < -0.3 is 9.47 Å². The molecule has 2 heteroatoms. The molecule has 2 nitrogen and oxygen atoms in total. The summed E-state index contributed by atoms with van der Waals surface area (Å²) in [4.78, 5) is 0. The van der Waals surface area contributed by atoms with Crippen LogP contribution in [0.5, 0.6) is 11.5 Å². The van der Waals surface area contributed by atoms with Gasteiger partial charge in [0.2, 0.25) is 0 Å². The predicted molar refractivity (Wildman–Crippen MR) is 73.9 cm³/mol. The van der Waals surface area contributed by atoms with Gasteiger partial charge in [-0.1, -0.05) is 36.9 Å². The first-order valence-corrected chi connectivity index (χ1v) is 5.80. The Bertz CT molecular complexity index is 498. The molecule has 2 rings (SSSR count). The summed E-state index contributed by atoms with van der Waals surface area (Å²) in [7, 11) is 1.66. The van der Waals surface area contributed by atoms with Crippen molar-refractivity contribution in [1.29, 1.82) is 0 Å². The van der Waals surface area contributed by atoms with E-state index in [1.54, 1.807) is 7.11 Å². The first-order chi connectivity index (χ1) is 8.81. The molecule has 0 atom stereocenters. The highest BCUT2D eigenvalue weighted by atomic mass is 16.5. The number of ether oxygens (including phenoxy) is 2. The van der Waals surface area contributed by atoms with Gasteiger partial charge in [-0.15, -0.1) is 0 Å². The van der Waals surface area contributed by atoms with Gasteiger partial charge in [0.1, 0.15) is 18.1 Å². The maximum absolute atomic E-state index is 5.69. The molecular formula is C16H16O2. The fourth-order valence-electron chi connectivity index (χ4n) is 1.59. The molecule has 0 N–H and O–H groups in total. The lowest BCUT2D eigenvalue weighted by Crippen LogP contribution is -1.95. The molecule has 0 fully saturated rings. The minimum absolute atomic E-state index is 0.553. The molecule has 0 aliphatic carbocycles. The van der Waals surface area contributed by atoms with Gasteiger partial charge in [-0.25, -0.2) is 0 Å². The van der Waals surface area contributed by atoms with Crippen molar-refractivity contribution in [2.24, 2.45) is 0 Å². The summed E-state index contributed by atoms with van der Waals surface area (Å²) in [5, 5.41) is 0. The first-order valence-electron chi connectivity index (χ1n) is 5.80. The molecule has 0 aliphatic heterocycles. The highest BCUT2D eigenvalue weighted by Crippen LogP contribution is 2.16. The van der Waals surface area contributed by atoms with Crippen molar-refractivity contribution < 1.29 is 9.47 Å². The van der Waals surface area contributed by atoms with Crippen molar-refractivity contribution in [3.8, 4) is 11.5 Å². The molecule has 0 bridgehead atoms. The SMILES string of the molecule is C=Cc1ccc(OCc2ccc(OC)cc2)cc1. The van der Waals surface area contributed by atoms with Gasteiger partial charge in [0, 0.05) is 0 Å². The van der Waals surface area contributed by atoms with Gasteiger partial charge in [0.05, 0.1) is 7.11 Å². The highest BCUT2D eigenvalue weighted by Gasteiger charge is 1.97. The van der Waals surface area contributed by atoms with Crippen LogP contribution in [0.2, 0.25) is 0 Å². The first kappa shape index (κ1) is 12.2. The van der Waals surface area contributed by atoms with Crippen molar-refractivity contribution >= 4 is 6.08 Å². The topological polar surface area (TPSA) is 18.5 Å². The van der Waals surface area contributed by atoms with Crippen molar-refractivity contribution in [1.82, 2.24) is 0 Å². The zero-order chi connectivity index (χ0) is 12.8. The van der Waals surface area contributed by atoms with Crippen LogP contribution < -0.4 is 9.47 Å². The minimum atomic E-state index is 0.553. The van der Waals surface area contributed by atoms with E-state index in [1.807, 2.05) is 54.6 Å². The van der Waals surface area contributed by atoms with Crippen LogP contribution in [0, 0.1) is 0 Å². The average molecular weight is 240 g/mol. The number of methoxy groups -OCH3 is 1. The van der Waals surface area contributed by atoms with Crippen LogP contribution >= 0.6 is 0 Å². The van der Waals surface area contributed by atoms with E-state index in [0.29, 0.717) is 6.61 Å². The van der Waals surface area contributed by atoms with E-state index in [-0.39, 0.29) is 0 Å². The fourth-order valence-corrected chi connectivity index (χ4v) is 1.59. The van der Waals surface area contributed by atoms with Crippen LogP contribution in [0.25, 0.3) is 6.08 Å². The summed E-state index contributed by atoms with van der Waals surface area (Å²) in [6, 6.07) is 15.7. The van der Waals surface area contributed by atoms with E-state index in [0.717, 1.165) is 22.6 Å². The summed E-state index contributed by atoms with van der Waals surface area (Å²) in [5.41, 5.74) is 2.20. The Balaban J connectivity index is 1.95. The molecule has 0 heterocycles. The lowest BCUT2D eigenvalue weighted by molar-refractivity contribution is 0.306. The second-order valence-corrected chi connectivity index (χ2v) is 3.91. The molecule has 0 spiro atoms. The third-order valence-electron chi connectivity index (χ3n) is 2.68. The van der Waals surface area contributed by atoms with Crippen LogP contribution in [-0.4, -0.2) is 7.11 Å². The predicted octanol–water partition coefficient (Wildman–Crippen LogP) is 3.92. The second kappa shape index (κ2) is 5.92. The van der Waals surface area contributed by atoms with Crippen LogP contribution in [0.4, 0.5) is 0 Å². The molecule has 0 aliphatic rings. The largest absolute Gasteiger partial charge is 0.497 e. The Morgan fingerprint density at radius 1 is 0.944 bits per heavy atom. The number of hydrogen-bond donors (Lipinski definition) is 0. The van der Waals surface area contributed by atoms with Gasteiger partial charge in [0.15, 0.2) is 0 Å². The van der Waals surface area contributed by atoms with E-state index >= 15 is 0 Å². The standard InChI is InChI=1S/C16H16O2/c1-3-13-4-10-16(11-5-13)18-12-14-6-8-15(17-2)9-7-14/h3-11H,1,12H2,2H3. The van der Waals surface area contributed by atoms with E-state index in [9.17, 15) is 0 Å². The molecule has 0 unspecified atom stereocenters. The molecule has 0 amide bonds. The molecule has 18 heavy (non-hydrogen) atoms. The van der Waals surface area contributed by atoms with Crippen LogP contribution in [0.3, 0.4) is 0 Å². The Kier molecular flexibility index (Phi) is 4.02. The summed E-state index contributed by atoms with van der Waals surface area (Å²) in [5.74, 6) is 1.71. The van der Waals surface area contributed by atoms with Crippen molar-refractivity contribution in [3.05, 3.63) is 66.2 Å². The van der Waals surface area contributed by atoms with Crippen molar-refractivity contribution in [3.63, 3.8) is 0 Å². The van der Waals surface area contributed by atoms with E-state index in [2.05, 4.69) is 6.58 Å². The Morgan fingerprint density at radius 3 is 2.11 bits per heavy atom. The zero-order valence-corrected chi connectivity index (χ0v) is 10.4. The number of rotatable bonds is 5. The van der Waals surface area contributed by atoms with Crippen molar-refractivity contribution in [2.45, 2.75) is 6.61 Å². The number of hydrogen-bond acceptors (Lipinski definition) is 2. The van der Waals surface area contributed by atoms with Crippen molar-refractivity contribution in [2.75, 3.05) is 7.11 Å². The summed E-state index contributed by atoms with van der Waals surface area (Å²) in [6.07, 6.45) is 1.81. The quantitative estimate of drug-likeness (QED) is 0.788. The number of benzene rings is 2. The molecule has 0 aromatic heterocycles. The van der Waals surface area contributed by atoms with Gasteiger partial charge in [0.25, 0.3) is 0 Å². The monoisotopic (exact) mass is 240 g/mol. The van der Waals surface area contributed by atoms with E-state index < -0.39 is 0 Å². The molecule has 0 radical (unpaired) electrons. The molecule has 2 aromatic rings. The molecule has 92 valence electrons. The summed E-state index contributed by atoms with van der Waals surface area (Å²) >= 11 is 0. The van der Waals surface area contributed by atoms with Gasteiger partial charge in [-0.2, -0.15) is 0 Å². The van der Waals surface area contributed by atoms with E-state index in [4.69, 9.17) is 9.47 Å². The van der Waals surface area contributed by atoms with Gasteiger partial charge in [-0.05, 0) is 35.4 Å². The third kappa shape index (κ3) is 3.14. The van der Waals surface area contributed by atoms with Gasteiger partial charge >= 0.3 is 0 Å². The van der Waals surface area contributed by atoms with E-state index in [1.165, 1.54) is 0 Å². The molecule has 0 saturated heterocycles. The zero-order valence-electron chi connectivity index (χ0n) is 10.4. The second-order valence-electron chi connectivity index (χ2n) is 3.91. The summed E-state index contributed by atoms with van der Waals surface area (Å²) in [6.45, 7) is 4.27. The maximum Gasteiger partial charge on any atom is 0.119 e. The minimum Gasteiger partial charge on any atom is -0.497 e. The summed E-state index contributed by atoms with van der Waals surface area (Å²) < 4.78 is 10.8. The lowest BCUT2D eigenvalue weighted by Gasteiger charge is -2.07. The highest BCUT2D eigenvalue weighted by molar-refractivity contribution is 5.48.